The molecule has 0 aromatic carbocycles. The summed E-state index contributed by atoms with van der Waals surface area (Å²) in [6.45, 7) is 0. The fraction of sp³-hybridized carbons (Fsp3) is 0.857. The van der Waals surface area contributed by atoms with Crippen molar-refractivity contribution in [1.29, 1.82) is 0 Å². The fourth-order valence-corrected chi connectivity index (χ4v) is 13.3. The molecule has 0 aromatic rings. The molecular formula is C35H47N5O6. The van der Waals surface area contributed by atoms with Gasteiger partial charge in [-0.1, -0.05) is 0 Å². The number of fused-ring (bicyclic) bond motifs is 10. The Labute approximate surface area is 269 Å². The predicted octanol–water partition coefficient (Wildman–Crippen LogP) is 1.73. The highest BCUT2D eigenvalue weighted by molar-refractivity contribution is 5.90. The Morgan fingerprint density at radius 3 is 1.13 bits per heavy atom. The molecule has 248 valence electrons. The van der Waals surface area contributed by atoms with Crippen LogP contribution in [0.2, 0.25) is 0 Å². The first-order valence-electron chi connectivity index (χ1n) is 18.6. The Morgan fingerprint density at radius 1 is 0.435 bits per heavy atom. The third kappa shape index (κ3) is 3.72. The second-order valence-corrected chi connectivity index (χ2v) is 16.8. The van der Waals surface area contributed by atoms with Crippen LogP contribution in [-0.4, -0.2) is 115 Å². The molecule has 0 spiro atoms. The third-order valence-electron chi connectivity index (χ3n) is 15.1. The molecule has 2 N–H and O–H groups in total. The lowest BCUT2D eigenvalue weighted by molar-refractivity contribution is -0.144. The monoisotopic (exact) mass is 633 g/mol. The number of amides is 4. The van der Waals surface area contributed by atoms with Crippen LogP contribution in [0.25, 0.3) is 0 Å². The van der Waals surface area contributed by atoms with E-state index in [2.05, 4.69) is 15.1 Å². The molecule has 0 aliphatic carbocycles. The van der Waals surface area contributed by atoms with Gasteiger partial charge in [0.15, 0.2) is 0 Å². The van der Waals surface area contributed by atoms with Crippen LogP contribution in [0.5, 0.6) is 0 Å². The summed E-state index contributed by atoms with van der Waals surface area (Å²) in [5.74, 6) is -1.15. The Kier molecular flexibility index (Phi) is 6.11. The predicted molar refractivity (Wildman–Crippen MR) is 163 cm³/mol. The molecule has 15 atom stereocenters. The van der Waals surface area contributed by atoms with Gasteiger partial charge in [-0.2, -0.15) is 0 Å². The maximum Gasteiger partial charge on any atom is 0.308 e. The van der Waals surface area contributed by atoms with Gasteiger partial charge >= 0.3 is 5.97 Å². The first-order valence-corrected chi connectivity index (χ1v) is 18.6. The van der Waals surface area contributed by atoms with E-state index in [0.717, 1.165) is 70.6 Å². The molecular weight excluding hydrogens is 586 g/mol. The highest BCUT2D eigenvalue weighted by Gasteiger charge is 2.62. The number of hydrogen-bond donors (Lipinski definition) is 2. The van der Waals surface area contributed by atoms with Gasteiger partial charge in [-0.05, 0) is 96.3 Å². The van der Waals surface area contributed by atoms with Crippen LogP contribution in [0.4, 0.5) is 0 Å². The minimum atomic E-state index is -0.798. The van der Waals surface area contributed by atoms with Gasteiger partial charge in [-0.3, -0.25) is 24.0 Å². The van der Waals surface area contributed by atoms with Crippen molar-refractivity contribution in [2.45, 2.75) is 157 Å². The van der Waals surface area contributed by atoms with Crippen LogP contribution in [0, 0.1) is 29.6 Å². The highest BCUT2D eigenvalue weighted by atomic mass is 16.4. The number of aliphatic carboxylic acids is 1. The zero-order valence-electron chi connectivity index (χ0n) is 26.5. The average molecular weight is 634 g/mol. The van der Waals surface area contributed by atoms with Crippen molar-refractivity contribution in [2.75, 3.05) is 0 Å². The summed E-state index contributed by atoms with van der Waals surface area (Å²) in [4.78, 5) is 76.4. The zero-order valence-corrected chi connectivity index (χ0v) is 26.5. The Hall–Kier alpha value is -2.69. The number of hydrogen-bond acceptors (Lipinski definition) is 6. The summed E-state index contributed by atoms with van der Waals surface area (Å²) in [6.07, 6.45) is 13.0. The average Bonchev–Trinajstić information content (AvgIpc) is 3.93. The molecule has 4 amide bonds. The van der Waals surface area contributed by atoms with Crippen molar-refractivity contribution in [3.05, 3.63) is 0 Å². The molecule has 10 fully saturated rings. The van der Waals surface area contributed by atoms with Crippen LogP contribution < -0.4 is 5.32 Å². The van der Waals surface area contributed by atoms with Crippen molar-refractivity contribution in [3.8, 4) is 0 Å². The first kappa shape index (κ1) is 28.3. The lowest BCUT2D eigenvalue weighted by Crippen LogP contribution is -2.49. The molecule has 10 saturated heterocycles. The van der Waals surface area contributed by atoms with E-state index >= 15 is 0 Å². The summed E-state index contributed by atoms with van der Waals surface area (Å²) in [7, 11) is 0. The van der Waals surface area contributed by atoms with Gasteiger partial charge in [0.1, 0.15) is 0 Å². The lowest BCUT2D eigenvalue weighted by Gasteiger charge is -2.33. The summed E-state index contributed by atoms with van der Waals surface area (Å²) in [5.41, 5.74) is 0. The van der Waals surface area contributed by atoms with E-state index in [4.69, 9.17) is 0 Å². The van der Waals surface area contributed by atoms with Crippen LogP contribution in [0.15, 0.2) is 0 Å². The Morgan fingerprint density at radius 2 is 0.804 bits per heavy atom. The van der Waals surface area contributed by atoms with Gasteiger partial charge in [0.05, 0.1) is 29.6 Å². The summed E-state index contributed by atoms with van der Waals surface area (Å²) >= 11 is 0. The molecule has 15 unspecified atom stereocenters. The maximum absolute atomic E-state index is 14.4. The smallest absolute Gasteiger partial charge is 0.308 e. The van der Waals surface area contributed by atoms with Gasteiger partial charge in [0.25, 0.3) is 0 Å². The van der Waals surface area contributed by atoms with Gasteiger partial charge in [0.2, 0.25) is 23.6 Å². The van der Waals surface area contributed by atoms with E-state index < -0.39 is 11.9 Å². The van der Waals surface area contributed by atoms with E-state index in [9.17, 15) is 29.1 Å². The number of carbonyl (C=O) groups is 5. The molecule has 0 aromatic heterocycles. The fourth-order valence-electron chi connectivity index (χ4n) is 13.3. The Balaban J connectivity index is 0.828. The topological polar surface area (TPSA) is 131 Å². The highest BCUT2D eigenvalue weighted by Crippen LogP contribution is 2.52. The molecule has 10 aliphatic rings. The van der Waals surface area contributed by atoms with Gasteiger partial charge < -0.3 is 30.0 Å². The SMILES string of the molecule is O=C(O)C1CC2CCC1N2C(=O)C1CC2CCC1N2C(=O)C1CC2CCC1N2C(=O)C1CC2CCC1N2C(=O)C1CC2CCC1N2. The summed E-state index contributed by atoms with van der Waals surface area (Å²) in [5, 5.41) is 13.3. The van der Waals surface area contributed by atoms with Crippen molar-refractivity contribution in [1.82, 2.24) is 24.9 Å². The van der Waals surface area contributed by atoms with Crippen molar-refractivity contribution < 1.29 is 29.1 Å². The minimum Gasteiger partial charge on any atom is -0.481 e. The summed E-state index contributed by atoms with van der Waals surface area (Å²) in [6, 6.07) is 0.743. The van der Waals surface area contributed by atoms with Crippen LogP contribution in [0.1, 0.15) is 96.3 Å². The second kappa shape index (κ2) is 9.92. The molecule has 10 rings (SSSR count). The van der Waals surface area contributed by atoms with Crippen molar-refractivity contribution >= 4 is 29.6 Å². The number of rotatable bonds is 5. The molecule has 10 bridgehead atoms. The van der Waals surface area contributed by atoms with E-state index in [1.807, 2.05) is 9.80 Å². The van der Waals surface area contributed by atoms with Gasteiger partial charge in [-0.25, -0.2) is 0 Å². The number of carboxylic acid groups (broad SMARTS) is 1. The summed E-state index contributed by atoms with van der Waals surface area (Å²) < 4.78 is 0. The molecule has 10 heterocycles. The van der Waals surface area contributed by atoms with Gasteiger partial charge in [-0.15, -0.1) is 0 Å². The molecule has 10 aliphatic heterocycles. The molecule has 0 saturated carbocycles. The van der Waals surface area contributed by atoms with Crippen molar-refractivity contribution in [3.63, 3.8) is 0 Å². The van der Waals surface area contributed by atoms with Crippen LogP contribution >= 0.6 is 0 Å². The number of carboxylic acids is 1. The van der Waals surface area contributed by atoms with Crippen LogP contribution in [0.3, 0.4) is 0 Å². The quantitative estimate of drug-likeness (QED) is 0.472. The van der Waals surface area contributed by atoms with Crippen molar-refractivity contribution in [2.24, 2.45) is 29.6 Å². The van der Waals surface area contributed by atoms with E-state index in [0.29, 0.717) is 31.3 Å². The number of nitrogens with zero attached hydrogens (tertiary/aromatic N) is 4. The normalized spacial score (nSPS) is 48.9. The largest absolute Gasteiger partial charge is 0.481 e. The second-order valence-electron chi connectivity index (χ2n) is 16.8. The van der Waals surface area contributed by atoms with Crippen LogP contribution in [-0.2, 0) is 24.0 Å². The van der Waals surface area contributed by atoms with E-state index in [1.54, 1.807) is 0 Å². The third-order valence-corrected chi connectivity index (χ3v) is 15.1. The standard InChI is InChI=1S/C35H47N5O6/c41-31(21-11-16-1-6-26(21)36-16)37-17-2-7-27(37)22(12-17)32(42)38-18-3-8-28(38)23(13-18)33(43)39-19-4-9-29(39)24(14-19)34(44)40-20-5-10-30(40)25(15-20)35(45)46/h16-30,36H,1-15H2,(H,45,46). The minimum absolute atomic E-state index is 0.00100. The lowest BCUT2D eigenvalue weighted by atomic mass is 9.87. The number of nitrogens with one attached hydrogen (secondary N) is 1. The molecule has 0 radical (unpaired) electrons. The molecule has 11 nitrogen and oxygen atoms in total. The first-order chi connectivity index (χ1) is 22.3. The van der Waals surface area contributed by atoms with E-state index in [-0.39, 0.29) is 95.6 Å². The zero-order chi connectivity index (χ0) is 31.2. The Bertz CT molecular complexity index is 1400. The maximum atomic E-state index is 14.4. The van der Waals surface area contributed by atoms with E-state index in [1.165, 1.54) is 6.42 Å². The molecule has 11 heteroatoms. The van der Waals surface area contributed by atoms with Gasteiger partial charge in [0, 0.05) is 60.4 Å². The number of carbonyl (C=O) groups excluding carboxylic acids is 4. The molecule has 46 heavy (non-hydrogen) atoms.